The van der Waals surface area contributed by atoms with E-state index in [2.05, 4.69) is 34.3 Å². The first kappa shape index (κ1) is 16.7. The number of piperazine rings is 1. The molecule has 1 aromatic heterocycles. The summed E-state index contributed by atoms with van der Waals surface area (Å²) < 4.78 is 0. The number of nitrogens with zero attached hydrogens (tertiary/aromatic N) is 3. The second kappa shape index (κ2) is 7.23. The number of thiazole rings is 1. The van der Waals surface area contributed by atoms with Gasteiger partial charge < -0.3 is 10.2 Å². The third-order valence-corrected chi connectivity index (χ3v) is 6.09. The van der Waals surface area contributed by atoms with E-state index in [0.29, 0.717) is 11.7 Å². The van der Waals surface area contributed by atoms with Gasteiger partial charge in [0.15, 0.2) is 0 Å². The van der Waals surface area contributed by atoms with Gasteiger partial charge in [-0.15, -0.1) is 11.3 Å². The van der Waals surface area contributed by atoms with Gasteiger partial charge >= 0.3 is 0 Å². The molecular weight excluding hydrogens is 332 g/mol. The lowest BCUT2D eigenvalue weighted by Crippen LogP contribution is -2.49. The Bertz CT molecular complexity index is 753. The molecule has 2 aliphatic rings. The fourth-order valence-electron chi connectivity index (χ4n) is 3.74. The summed E-state index contributed by atoms with van der Waals surface area (Å²) in [6.45, 7) is 8.02. The summed E-state index contributed by atoms with van der Waals surface area (Å²) in [6, 6.07) is 8.69. The number of benzene rings is 1. The molecule has 3 heterocycles. The van der Waals surface area contributed by atoms with Crippen LogP contribution in [0.15, 0.2) is 29.6 Å². The van der Waals surface area contributed by atoms with E-state index in [4.69, 9.17) is 0 Å². The first-order valence-electron chi connectivity index (χ1n) is 8.98. The van der Waals surface area contributed by atoms with Crippen molar-refractivity contribution in [1.82, 2.24) is 20.1 Å². The van der Waals surface area contributed by atoms with Crippen LogP contribution < -0.4 is 5.32 Å². The van der Waals surface area contributed by atoms with Crippen LogP contribution in [0.3, 0.4) is 0 Å². The number of likely N-dealkylation sites (tertiary alicyclic amines) is 1. The summed E-state index contributed by atoms with van der Waals surface area (Å²) >= 11 is 1.56. The standard InChI is InChI=1S/C19H24N4OS/c1-14-4-2-3-5-16(14)18-21-17(13-25-18)19(24)23-9-6-15(12-23)22-10-7-20-8-11-22/h2-5,13,15,20H,6-12H2,1H3. The molecule has 0 saturated carbocycles. The smallest absolute Gasteiger partial charge is 0.273 e. The largest absolute Gasteiger partial charge is 0.336 e. The molecule has 1 unspecified atom stereocenters. The van der Waals surface area contributed by atoms with Crippen molar-refractivity contribution in [3.8, 4) is 10.6 Å². The summed E-state index contributed by atoms with van der Waals surface area (Å²) in [7, 11) is 0. The van der Waals surface area contributed by atoms with Crippen LogP contribution in [-0.2, 0) is 0 Å². The molecule has 132 valence electrons. The summed E-state index contributed by atoms with van der Waals surface area (Å²) in [4.78, 5) is 22.0. The van der Waals surface area contributed by atoms with E-state index in [1.54, 1.807) is 11.3 Å². The van der Waals surface area contributed by atoms with E-state index >= 15 is 0 Å². The highest BCUT2D eigenvalue weighted by atomic mass is 32.1. The maximum absolute atomic E-state index is 12.8. The zero-order valence-corrected chi connectivity index (χ0v) is 15.4. The number of aromatic nitrogens is 1. The van der Waals surface area contributed by atoms with Gasteiger partial charge in [-0.3, -0.25) is 9.69 Å². The van der Waals surface area contributed by atoms with Crippen molar-refractivity contribution in [2.24, 2.45) is 0 Å². The van der Waals surface area contributed by atoms with Crippen LogP contribution in [-0.4, -0.2) is 66.0 Å². The second-order valence-electron chi connectivity index (χ2n) is 6.83. The van der Waals surface area contributed by atoms with E-state index in [-0.39, 0.29) is 5.91 Å². The highest BCUT2D eigenvalue weighted by molar-refractivity contribution is 7.13. The Morgan fingerprint density at radius 3 is 2.84 bits per heavy atom. The average Bonchev–Trinajstić information content (AvgIpc) is 3.32. The van der Waals surface area contributed by atoms with E-state index < -0.39 is 0 Å². The van der Waals surface area contributed by atoms with Crippen molar-refractivity contribution >= 4 is 17.2 Å². The van der Waals surface area contributed by atoms with Crippen LogP contribution >= 0.6 is 11.3 Å². The predicted octanol–water partition coefficient (Wildman–Crippen LogP) is 2.24. The van der Waals surface area contributed by atoms with Crippen LogP contribution in [0.2, 0.25) is 0 Å². The maximum Gasteiger partial charge on any atom is 0.273 e. The monoisotopic (exact) mass is 356 g/mol. The minimum atomic E-state index is 0.0775. The number of nitrogens with one attached hydrogen (secondary N) is 1. The number of carbonyl (C=O) groups excluding carboxylic acids is 1. The molecule has 1 aromatic carbocycles. The van der Waals surface area contributed by atoms with Crippen LogP contribution in [0.1, 0.15) is 22.5 Å². The molecular formula is C19H24N4OS. The molecule has 5 nitrogen and oxygen atoms in total. The maximum atomic E-state index is 12.8. The van der Waals surface area contributed by atoms with Gasteiger partial charge in [0, 0.05) is 56.3 Å². The third kappa shape index (κ3) is 3.47. The molecule has 2 aliphatic heterocycles. The summed E-state index contributed by atoms with van der Waals surface area (Å²) in [5, 5.41) is 6.22. The van der Waals surface area contributed by atoms with Crippen molar-refractivity contribution in [1.29, 1.82) is 0 Å². The molecule has 1 atom stereocenters. The quantitative estimate of drug-likeness (QED) is 0.916. The molecule has 2 fully saturated rings. The van der Waals surface area contributed by atoms with Crippen molar-refractivity contribution in [2.75, 3.05) is 39.3 Å². The van der Waals surface area contributed by atoms with Gasteiger partial charge in [0.05, 0.1) is 0 Å². The van der Waals surface area contributed by atoms with E-state index in [9.17, 15) is 4.79 Å². The lowest BCUT2D eigenvalue weighted by atomic mass is 10.1. The third-order valence-electron chi connectivity index (χ3n) is 5.22. The zero-order valence-electron chi connectivity index (χ0n) is 14.6. The van der Waals surface area contributed by atoms with E-state index in [0.717, 1.165) is 56.3 Å². The van der Waals surface area contributed by atoms with Gasteiger partial charge in [0.1, 0.15) is 10.7 Å². The summed E-state index contributed by atoms with van der Waals surface area (Å²) in [6.07, 6.45) is 1.07. The Labute approximate surface area is 152 Å². The number of rotatable bonds is 3. The van der Waals surface area contributed by atoms with Gasteiger partial charge in [-0.05, 0) is 18.9 Å². The molecule has 1 amide bonds. The van der Waals surface area contributed by atoms with Crippen LogP contribution in [0.5, 0.6) is 0 Å². The Kier molecular flexibility index (Phi) is 4.83. The van der Waals surface area contributed by atoms with Crippen molar-refractivity contribution in [3.05, 3.63) is 40.9 Å². The number of amides is 1. The second-order valence-corrected chi connectivity index (χ2v) is 7.69. The number of hydrogen-bond acceptors (Lipinski definition) is 5. The molecule has 4 rings (SSSR count). The topological polar surface area (TPSA) is 48.5 Å². The fourth-order valence-corrected chi connectivity index (χ4v) is 4.63. The Balaban J connectivity index is 1.44. The first-order chi connectivity index (χ1) is 12.2. The lowest BCUT2D eigenvalue weighted by molar-refractivity contribution is 0.0768. The molecule has 6 heteroatoms. The Morgan fingerprint density at radius 1 is 1.24 bits per heavy atom. The first-order valence-corrected chi connectivity index (χ1v) is 9.86. The average molecular weight is 356 g/mol. The predicted molar refractivity (Wildman–Crippen MR) is 101 cm³/mol. The van der Waals surface area contributed by atoms with Crippen molar-refractivity contribution in [3.63, 3.8) is 0 Å². The molecule has 0 aliphatic carbocycles. The normalized spacial score (nSPS) is 21.6. The van der Waals surface area contributed by atoms with E-state index in [1.165, 1.54) is 5.56 Å². The molecule has 2 aromatic rings. The van der Waals surface area contributed by atoms with Gasteiger partial charge in [-0.2, -0.15) is 0 Å². The minimum Gasteiger partial charge on any atom is -0.336 e. The zero-order chi connectivity index (χ0) is 17.2. The van der Waals surface area contributed by atoms with Crippen LogP contribution in [0.4, 0.5) is 0 Å². The highest BCUT2D eigenvalue weighted by Crippen LogP contribution is 2.27. The van der Waals surface area contributed by atoms with E-state index in [1.807, 2.05) is 22.4 Å². The molecule has 0 bridgehead atoms. The lowest BCUT2D eigenvalue weighted by Gasteiger charge is -2.32. The molecule has 25 heavy (non-hydrogen) atoms. The number of carbonyl (C=O) groups is 1. The molecule has 2 saturated heterocycles. The Morgan fingerprint density at radius 2 is 2.04 bits per heavy atom. The summed E-state index contributed by atoms with van der Waals surface area (Å²) in [5.41, 5.74) is 2.90. The van der Waals surface area contributed by atoms with Gasteiger partial charge in [0.2, 0.25) is 0 Å². The fraction of sp³-hybridized carbons (Fsp3) is 0.474. The number of hydrogen-bond donors (Lipinski definition) is 1. The van der Waals surface area contributed by atoms with Gasteiger partial charge in [-0.1, -0.05) is 24.3 Å². The molecule has 0 radical (unpaired) electrons. The highest BCUT2D eigenvalue weighted by Gasteiger charge is 2.32. The van der Waals surface area contributed by atoms with Gasteiger partial charge in [0.25, 0.3) is 5.91 Å². The minimum absolute atomic E-state index is 0.0775. The number of aryl methyl sites for hydroxylation is 1. The SMILES string of the molecule is Cc1ccccc1-c1nc(C(=O)N2CCC(N3CCNCC3)C2)cs1. The van der Waals surface area contributed by atoms with Crippen LogP contribution in [0.25, 0.3) is 10.6 Å². The van der Waals surface area contributed by atoms with Crippen LogP contribution in [0, 0.1) is 6.92 Å². The van der Waals surface area contributed by atoms with Gasteiger partial charge in [-0.25, -0.2) is 4.98 Å². The van der Waals surface area contributed by atoms with Crippen molar-refractivity contribution in [2.45, 2.75) is 19.4 Å². The summed E-state index contributed by atoms with van der Waals surface area (Å²) in [5.74, 6) is 0.0775. The Hall–Kier alpha value is -1.76. The van der Waals surface area contributed by atoms with Crippen molar-refractivity contribution < 1.29 is 4.79 Å². The molecule has 0 spiro atoms. The molecule has 1 N–H and O–H groups in total.